The minimum Gasteiger partial charge on any atom is -0.479 e. The standard InChI is InChI=1S/C19H38OS2/c1-2-3-4-5-6-7-8-9-10-11-12-13-14-15-16-17-18-20-19(21)22/h2-18H2,1H3,(H,21,22). The largest absolute Gasteiger partial charge is 0.479 e. The molecule has 0 rings (SSSR count). The van der Waals surface area contributed by atoms with Crippen LogP contribution in [-0.4, -0.2) is 11.0 Å². The van der Waals surface area contributed by atoms with Crippen molar-refractivity contribution >= 4 is 29.2 Å². The summed E-state index contributed by atoms with van der Waals surface area (Å²) in [6.45, 7) is 3.02. The Kier molecular flexibility index (Phi) is 19.5. The van der Waals surface area contributed by atoms with Crippen LogP contribution in [0.2, 0.25) is 0 Å². The average Bonchev–Trinajstić information content (AvgIpc) is 2.50. The Morgan fingerprint density at radius 2 is 0.955 bits per heavy atom. The van der Waals surface area contributed by atoms with Crippen molar-refractivity contribution in [2.45, 2.75) is 110 Å². The first-order valence-electron chi connectivity index (χ1n) is 9.63. The SMILES string of the molecule is CCCCCCCCCCCCCCCCCCOC(=S)S. The molecule has 0 aromatic carbocycles. The monoisotopic (exact) mass is 346 g/mol. The number of ether oxygens (including phenoxy) is 1. The maximum Gasteiger partial charge on any atom is 0.216 e. The van der Waals surface area contributed by atoms with Gasteiger partial charge in [0.25, 0.3) is 0 Å². The first-order chi connectivity index (χ1) is 10.8. The molecular weight excluding hydrogens is 308 g/mol. The molecular formula is C19H38OS2. The number of thiocarbonyl (C=S) groups is 1. The summed E-state index contributed by atoms with van der Waals surface area (Å²) in [5, 5.41) is 0. The van der Waals surface area contributed by atoms with E-state index in [4.69, 9.17) is 17.0 Å². The van der Waals surface area contributed by atoms with Crippen LogP contribution in [0.3, 0.4) is 0 Å². The van der Waals surface area contributed by atoms with E-state index in [1.54, 1.807) is 0 Å². The molecule has 0 aliphatic rings. The molecule has 0 radical (unpaired) electrons. The third kappa shape index (κ3) is 20.2. The molecule has 0 aliphatic heterocycles. The predicted octanol–water partition coefficient (Wildman–Crippen LogP) is 7.48. The Balaban J connectivity index is 2.95. The fourth-order valence-electron chi connectivity index (χ4n) is 2.81. The zero-order valence-electron chi connectivity index (χ0n) is 14.8. The van der Waals surface area contributed by atoms with Crippen LogP contribution < -0.4 is 0 Å². The van der Waals surface area contributed by atoms with Crippen LogP contribution in [0.25, 0.3) is 0 Å². The van der Waals surface area contributed by atoms with Crippen molar-refractivity contribution in [1.29, 1.82) is 0 Å². The smallest absolute Gasteiger partial charge is 0.216 e. The van der Waals surface area contributed by atoms with Gasteiger partial charge in [-0.15, -0.1) is 0 Å². The van der Waals surface area contributed by atoms with Crippen LogP contribution in [0.4, 0.5) is 0 Å². The lowest BCUT2D eigenvalue weighted by molar-refractivity contribution is 0.308. The van der Waals surface area contributed by atoms with Gasteiger partial charge in [-0.1, -0.05) is 116 Å². The van der Waals surface area contributed by atoms with E-state index < -0.39 is 0 Å². The highest BCUT2D eigenvalue weighted by atomic mass is 32.1. The van der Waals surface area contributed by atoms with Crippen LogP contribution in [0.15, 0.2) is 0 Å². The molecule has 0 saturated heterocycles. The highest BCUT2D eigenvalue weighted by Gasteiger charge is 1.95. The molecule has 0 unspecified atom stereocenters. The Morgan fingerprint density at radius 1 is 0.636 bits per heavy atom. The molecule has 0 amide bonds. The van der Waals surface area contributed by atoms with Crippen LogP contribution in [0.1, 0.15) is 110 Å². The lowest BCUT2D eigenvalue weighted by atomic mass is 10.0. The maximum atomic E-state index is 5.16. The van der Waals surface area contributed by atoms with Crippen LogP contribution in [-0.2, 0) is 4.74 Å². The van der Waals surface area contributed by atoms with Gasteiger partial charge in [0.05, 0.1) is 6.61 Å². The molecule has 0 bridgehead atoms. The van der Waals surface area contributed by atoms with E-state index in [9.17, 15) is 0 Å². The summed E-state index contributed by atoms with van der Waals surface area (Å²) < 4.78 is 5.53. The molecule has 132 valence electrons. The number of hydrogen-bond acceptors (Lipinski definition) is 2. The van der Waals surface area contributed by atoms with Crippen LogP contribution in [0.5, 0.6) is 0 Å². The first-order valence-corrected chi connectivity index (χ1v) is 10.5. The fourth-order valence-corrected chi connectivity index (χ4v) is 2.98. The van der Waals surface area contributed by atoms with Gasteiger partial charge in [-0.3, -0.25) is 0 Å². The van der Waals surface area contributed by atoms with Crippen molar-refractivity contribution in [2.24, 2.45) is 0 Å². The Bertz CT molecular complexity index is 231. The molecule has 0 atom stereocenters. The van der Waals surface area contributed by atoms with Crippen molar-refractivity contribution in [1.82, 2.24) is 0 Å². The highest BCUT2D eigenvalue weighted by molar-refractivity contribution is 8.10. The number of rotatable bonds is 17. The number of hydrogen-bond donors (Lipinski definition) is 1. The molecule has 0 fully saturated rings. The van der Waals surface area contributed by atoms with Gasteiger partial charge in [0.15, 0.2) is 0 Å². The summed E-state index contributed by atoms with van der Waals surface area (Å²) in [6.07, 6.45) is 22.3. The van der Waals surface area contributed by atoms with Gasteiger partial charge in [0.1, 0.15) is 0 Å². The third-order valence-corrected chi connectivity index (χ3v) is 4.47. The Morgan fingerprint density at radius 3 is 1.27 bits per heavy atom. The molecule has 0 N–H and O–H groups in total. The van der Waals surface area contributed by atoms with Crippen molar-refractivity contribution in [3.8, 4) is 0 Å². The summed E-state index contributed by atoms with van der Waals surface area (Å²) in [4.78, 5) is 0. The summed E-state index contributed by atoms with van der Waals surface area (Å²) in [5.41, 5.74) is 0. The third-order valence-electron chi connectivity index (χ3n) is 4.22. The second-order valence-corrected chi connectivity index (χ2v) is 7.50. The zero-order valence-corrected chi connectivity index (χ0v) is 16.5. The molecule has 22 heavy (non-hydrogen) atoms. The molecule has 0 saturated carbocycles. The molecule has 0 aliphatic carbocycles. The van der Waals surface area contributed by atoms with E-state index in [1.165, 1.54) is 96.3 Å². The van der Waals surface area contributed by atoms with Crippen molar-refractivity contribution in [3.63, 3.8) is 0 Å². The van der Waals surface area contributed by atoms with Crippen molar-refractivity contribution in [3.05, 3.63) is 0 Å². The number of thiol groups is 1. The maximum absolute atomic E-state index is 5.16. The fraction of sp³-hybridized carbons (Fsp3) is 0.947. The first kappa shape index (κ1) is 22.2. The van der Waals surface area contributed by atoms with Gasteiger partial charge in [-0.25, -0.2) is 0 Å². The van der Waals surface area contributed by atoms with Crippen molar-refractivity contribution < 1.29 is 4.74 Å². The second-order valence-electron chi connectivity index (χ2n) is 6.42. The quantitative estimate of drug-likeness (QED) is 0.166. The second kappa shape index (κ2) is 19.3. The lowest BCUT2D eigenvalue weighted by Gasteiger charge is -2.04. The molecule has 0 aromatic rings. The van der Waals surface area contributed by atoms with Crippen LogP contribution in [0, 0.1) is 0 Å². The zero-order chi connectivity index (χ0) is 16.3. The Hall–Kier alpha value is 0.240. The van der Waals surface area contributed by atoms with E-state index in [0.29, 0.717) is 4.38 Å². The lowest BCUT2D eigenvalue weighted by Crippen LogP contribution is -1.95. The van der Waals surface area contributed by atoms with Gasteiger partial charge in [0, 0.05) is 0 Å². The van der Waals surface area contributed by atoms with E-state index in [2.05, 4.69) is 19.6 Å². The Labute approximate surface area is 150 Å². The minimum absolute atomic E-state index is 0.376. The molecule has 1 nitrogen and oxygen atoms in total. The van der Waals surface area contributed by atoms with Gasteiger partial charge in [-0.2, -0.15) is 0 Å². The van der Waals surface area contributed by atoms with E-state index in [1.807, 2.05) is 0 Å². The van der Waals surface area contributed by atoms with Gasteiger partial charge >= 0.3 is 0 Å². The van der Waals surface area contributed by atoms with Gasteiger partial charge in [-0.05, 0) is 18.6 Å². The molecule has 0 spiro atoms. The molecule has 0 heterocycles. The number of unbranched alkanes of at least 4 members (excludes halogenated alkanes) is 15. The van der Waals surface area contributed by atoms with Crippen LogP contribution >= 0.6 is 24.8 Å². The van der Waals surface area contributed by atoms with E-state index >= 15 is 0 Å². The molecule has 0 aromatic heterocycles. The summed E-state index contributed by atoms with van der Waals surface area (Å²) >= 11 is 8.69. The van der Waals surface area contributed by atoms with E-state index in [-0.39, 0.29) is 0 Å². The normalized spacial score (nSPS) is 10.8. The summed E-state index contributed by atoms with van der Waals surface area (Å²) in [5.74, 6) is 0. The van der Waals surface area contributed by atoms with Crippen molar-refractivity contribution in [2.75, 3.05) is 6.61 Å². The van der Waals surface area contributed by atoms with Gasteiger partial charge < -0.3 is 4.74 Å². The predicted molar refractivity (Wildman–Crippen MR) is 107 cm³/mol. The van der Waals surface area contributed by atoms with Gasteiger partial charge in [0.2, 0.25) is 4.38 Å². The topological polar surface area (TPSA) is 9.23 Å². The summed E-state index contributed by atoms with van der Waals surface area (Å²) in [7, 11) is 0. The van der Waals surface area contributed by atoms with E-state index in [0.717, 1.165) is 13.0 Å². The average molecular weight is 347 g/mol. The molecule has 3 heteroatoms. The highest BCUT2D eigenvalue weighted by Crippen LogP contribution is 2.13. The summed E-state index contributed by atoms with van der Waals surface area (Å²) in [6, 6.07) is 0. The minimum atomic E-state index is 0.376.